The highest BCUT2D eigenvalue weighted by Gasteiger charge is 2.05. The predicted octanol–water partition coefficient (Wildman–Crippen LogP) is 1.23. The Hall–Kier alpha value is -1.10. The van der Waals surface area contributed by atoms with E-state index in [4.69, 9.17) is 0 Å². The summed E-state index contributed by atoms with van der Waals surface area (Å²) >= 11 is 3.19. The van der Waals surface area contributed by atoms with Gasteiger partial charge in [0, 0.05) is 7.05 Å². The smallest absolute Gasteiger partial charge is 0.283 e. The van der Waals surface area contributed by atoms with Crippen LogP contribution in [0.4, 0.5) is 5.69 Å². The van der Waals surface area contributed by atoms with Crippen molar-refractivity contribution >= 4 is 21.6 Å². The summed E-state index contributed by atoms with van der Waals surface area (Å²) in [5, 5.41) is 6.80. The van der Waals surface area contributed by atoms with Crippen LogP contribution in [0.2, 0.25) is 0 Å². The Labute approximate surface area is 84.4 Å². The number of hydrogen-bond acceptors (Lipinski definition) is 3. The van der Waals surface area contributed by atoms with Gasteiger partial charge in [-0.05, 0) is 15.9 Å². The third-order valence-electron chi connectivity index (χ3n) is 1.56. The Morgan fingerprint density at radius 2 is 2.54 bits per heavy atom. The highest BCUT2D eigenvalue weighted by atomic mass is 79.9. The number of nitrogens with one attached hydrogen (secondary N) is 1. The van der Waals surface area contributed by atoms with Gasteiger partial charge in [0.15, 0.2) is 0 Å². The van der Waals surface area contributed by atoms with Crippen molar-refractivity contribution in [2.45, 2.75) is 6.54 Å². The fraction of sp³-hybridized carbons (Fsp3) is 0.250. The molecule has 1 aromatic heterocycles. The maximum Gasteiger partial charge on any atom is 0.283 e. The Morgan fingerprint density at radius 3 is 3.08 bits per heavy atom. The van der Waals surface area contributed by atoms with Crippen molar-refractivity contribution in [3.63, 3.8) is 0 Å². The summed E-state index contributed by atoms with van der Waals surface area (Å²) < 4.78 is 1.82. The minimum Gasteiger partial charge on any atom is -0.386 e. The van der Waals surface area contributed by atoms with Crippen molar-refractivity contribution in [2.24, 2.45) is 0 Å². The van der Waals surface area contributed by atoms with Gasteiger partial charge in [-0.25, -0.2) is 4.68 Å². The van der Waals surface area contributed by atoms with Crippen LogP contribution in [0, 0.1) is 0 Å². The van der Waals surface area contributed by atoms with Gasteiger partial charge in [-0.2, -0.15) is 5.10 Å². The van der Waals surface area contributed by atoms with Crippen molar-refractivity contribution < 1.29 is 0 Å². The van der Waals surface area contributed by atoms with Gasteiger partial charge in [0.05, 0.1) is 18.4 Å². The third kappa shape index (κ3) is 1.98. The standard InChI is InChI=1S/C8H10BrN3O/c1-3-4-12-8(13)7(9)6(10-2)5-11-12/h3,5,10H,1,4H2,2H3. The van der Waals surface area contributed by atoms with E-state index in [1.807, 2.05) is 0 Å². The normalized spacial score (nSPS) is 9.69. The summed E-state index contributed by atoms with van der Waals surface area (Å²) in [5.74, 6) is 0. The average molecular weight is 244 g/mol. The first-order valence-electron chi connectivity index (χ1n) is 3.75. The number of halogens is 1. The molecule has 0 fully saturated rings. The minimum atomic E-state index is -0.160. The van der Waals surface area contributed by atoms with Crippen LogP contribution in [-0.2, 0) is 6.54 Å². The first-order valence-corrected chi connectivity index (χ1v) is 4.54. The van der Waals surface area contributed by atoms with Crippen molar-refractivity contribution in [2.75, 3.05) is 12.4 Å². The highest BCUT2D eigenvalue weighted by Crippen LogP contribution is 2.14. The summed E-state index contributed by atoms with van der Waals surface area (Å²) in [6.07, 6.45) is 3.22. The van der Waals surface area contributed by atoms with E-state index in [1.54, 1.807) is 19.3 Å². The van der Waals surface area contributed by atoms with Crippen LogP contribution >= 0.6 is 15.9 Å². The van der Waals surface area contributed by atoms with E-state index >= 15 is 0 Å². The number of nitrogens with zero attached hydrogens (tertiary/aromatic N) is 2. The Kier molecular flexibility index (Phi) is 3.25. The van der Waals surface area contributed by atoms with Crippen LogP contribution in [0.3, 0.4) is 0 Å². The zero-order valence-electron chi connectivity index (χ0n) is 7.25. The summed E-state index contributed by atoms with van der Waals surface area (Å²) in [7, 11) is 1.74. The van der Waals surface area contributed by atoms with E-state index < -0.39 is 0 Å². The van der Waals surface area contributed by atoms with Gasteiger partial charge >= 0.3 is 0 Å². The lowest BCUT2D eigenvalue weighted by atomic mass is 10.4. The molecule has 5 heteroatoms. The molecule has 13 heavy (non-hydrogen) atoms. The largest absolute Gasteiger partial charge is 0.386 e. The van der Waals surface area contributed by atoms with E-state index in [9.17, 15) is 4.79 Å². The van der Waals surface area contributed by atoms with Crippen molar-refractivity contribution in [3.05, 3.63) is 33.7 Å². The first kappa shape index (κ1) is 9.98. The second-order valence-electron chi connectivity index (χ2n) is 2.40. The molecule has 0 saturated heterocycles. The van der Waals surface area contributed by atoms with Crippen molar-refractivity contribution in [1.29, 1.82) is 0 Å². The topological polar surface area (TPSA) is 46.9 Å². The van der Waals surface area contributed by atoms with Crippen molar-refractivity contribution in [3.8, 4) is 0 Å². The van der Waals surface area contributed by atoms with E-state index in [1.165, 1.54) is 4.68 Å². The Balaban J connectivity index is 3.23. The lowest BCUT2D eigenvalue weighted by Crippen LogP contribution is -2.23. The molecule has 0 aliphatic carbocycles. The fourth-order valence-corrected chi connectivity index (χ4v) is 1.40. The van der Waals surface area contributed by atoms with E-state index in [0.717, 1.165) is 0 Å². The molecular weight excluding hydrogens is 234 g/mol. The third-order valence-corrected chi connectivity index (χ3v) is 2.32. The highest BCUT2D eigenvalue weighted by molar-refractivity contribution is 9.10. The monoisotopic (exact) mass is 243 g/mol. The lowest BCUT2D eigenvalue weighted by molar-refractivity contribution is 0.649. The van der Waals surface area contributed by atoms with Gasteiger partial charge < -0.3 is 5.32 Å². The van der Waals surface area contributed by atoms with Crippen LogP contribution in [0.1, 0.15) is 0 Å². The van der Waals surface area contributed by atoms with Crippen LogP contribution in [0.25, 0.3) is 0 Å². The molecule has 0 aromatic carbocycles. The molecule has 0 atom stereocenters. The molecule has 1 rings (SSSR count). The molecule has 0 aliphatic rings. The first-order chi connectivity index (χ1) is 6.20. The van der Waals surface area contributed by atoms with E-state index in [-0.39, 0.29) is 5.56 Å². The molecule has 0 saturated carbocycles. The minimum absolute atomic E-state index is 0.160. The second kappa shape index (κ2) is 4.23. The molecular formula is C8H10BrN3O. The van der Waals surface area contributed by atoms with E-state index in [0.29, 0.717) is 16.7 Å². The fourth-order valence-electron chi connectivity index (χ4n) is 0.892. The number of allylic oxidation sites excluding steroid dienone is 1. The molecule has 4 nitrogen and oxygen atoms in total. The van der Waals surface area contributed by atoms with Gasteiger partial charge in [0.2, 0.25) is 0 Å². The van der Waals surface area contributed by atoms with Gasteiger partial charge in [-0.1, -0.05) is 6.08 Å². The molecule has 0 bridgehead atoms. The lowest BCUT2D eigenvalue weighted by Gasteiger charge is -2.05. The molecule has 0 unspecified atom stereocenters. The summed E-state index contributed by atoms with van der Waals surface area (Å²) in [6.45, 7) is 3.96. The molecule has 0 amide bonds. The molecule has 0 radical (unpaired) electrons. The number of aromatic nitrogens is 2. The number of hydrogen-bond donors (Lipinski definition) is 1. The SMILES string of the molecule is C=CCn1ncc(NC)c(Br)c1=O. The van der Waals surface area contributed by atoms with Gasteiger partial charge in [0.25, 0.3) is 5.56 Å². The van der Waals surface area contributed by atoms with Gasteiger partial charge in [-0.3, -0.25) is 4.79 Å². The number of rotatable bonds is 3. The summed E-state index contributed by atoms with van der Waals surface area (Å²) in [4.78, 5) is 11.5. The summed E-state index contributed by atoms with van der Waals surface area (Å²) in [6, 6.07) is 0. The molecule has 0 spiro atoms. The zero-order valence-corrected chi connectivity index (χ0v) is 8.84. The molecule has 1 heterocycles. The van der Waals surface area contributed by atoms with Crippen LogP contribution in [0.5, 0.6) is 0 Å². The molecule has 1 N–H and O–H groups in total. The zero-order chi connectivity index (χ0) is 9.84. The average Bonchev–Trinajstić information content (AvgIpc) is 2.14. The van der Waals surface area contributed by atoms with Gasteiger partial charge in [-0.15, -0.1) is 6.58 Å². The van der Waals surface area contributed by atoms with Crippen LogP contribution in [-0.4, -0.2) is 16.8 Å². The molecule has 1 aromatic rings. The Bertz CT molecular complexity index is 372. The maximum atomic E-state index is 11.5. The molecule has 0 aliphatic heterocycles. The van der Waals surface area contributed by atoms with Crippen LogP contribution < -0.4 is 10.9 Å². The maximum absolute atomic E-state index is 11.5. The van der Waals surface area contributed by atoms with Gasteiger partial charge in [0.1, 0.15) is 4.47 Å². The quantitative estimate of drug-likeness (QED) is 0.813. The number of anilines is 1. The van der Waals surface area contributed by atoms with Crippen molar-refractivity contribution in [1.82, 2.24) is 9.78 Å². The van der Waals surface area contributed by atoms with Crippen LogP contribution in [0.15, 0.2) is 28.1 Å². The second-order valence-corrected chi connectivity index (χ2v) is 3.19. The molecule has 70 valence electrons. The van der Waals surface area contributed by atoms with E-state index in [2.05, 4.69) is 32.9 Å². The predicted molar refractivity (Wildman–Crippen MR) is 55.9 cm³/mol. The summed E-state index contributed by atoms with van der Waals surface area (Å²) in [5.41, 5.74) is 0.525. The Morgan fingerprint density at radius 1 is 1.85 bits per heavy atom.